The molecule has 1 saturated heterocycles. The summed E-state index contributed by atoms with van der Waals surface area (Å²) < 4.78 is 5.81. The van der Waals surface area contributed by atoms with Gasteiger partial charge in [-0.3, -0.25) is 9.98 Å². The zero-order chi connectivity index (χ0) is 12.5. The van der Waals surface area contributed by atoms with E-state index in [1.54, 1.807) is 0 Å². The molecule has 17 heavy (non-hydrogen) atoms. The van der Waals surface area contributed by atoms with Crippen molar-refractivity contribution in [2.75, 3.05) is 6.61 Å². The lowest BCUT2D eigenvalue weighted by Gasteiger charge is -2.36. The number of hydrogen-bond donors (Lipinski definition) is 0. The third-order valence-electron chi connectivity index (χ3n) is 3.76. The standard InChI is InChI=1S/C14H24N2O/c1-5-10-11(6-2)16-14(3,4)13(15-10)12-8-7-9-17-12/h12-13H,5-9H2,1-4H3. The van der Waals surface area contributed by atoms with Gasteiger partial charge in [0.2, 0.25) is 0 Å². The maximum Gasteiger partial charge on any atom is 0.101 e. The minimum atomic E-state index is -0.112. The molecule has 0 aromatic heterocycles. The van der Waals surface area contributed by atoms with E-state index in [9.17, 15) is 0 Å². The van der Waals surface area contributed by atoms with Crippen LogP contribution in [0.15, 0.2) is 9.98 Å². The van der Waals surface area contributed by atoms with Crippen LogP contribution in [0.4, 0.5) is 0 Å². The van der Waals surface area contributed by atoms with Crippen LogP contribution in [0.25, 0.3) is 0 Å². The van der Waals surface area contributed by atoms with E-state index in [1.807, 2.05) is 0 Å². The van der Waals surface area contributed by atoms with Crippen molar-refractivity contribution < 1.29 is 4.74 Å². The van der Waals surface area contributed by atoms with Crippen LogP contribution in [0.1, 0.15) is 53.4 Å². The molecule has 2 aliphatic rings. The Morgan fingerprint density at radius 1 is 1.24 bits per heavy atom. The molecule has 0 aromatic carbocycles. The van der Waals surface area contributed by atoms with Gasteiger partial charge in [0.15, 0.2) is 0 Å². The number of nitrogens with zero attached hydrogens (tertiary/aromatic N) is 2. The molecule has 0 saturated carbocycles. The van der Waals surface area contributed by atoms with Gasteiger partial charge in [-0.15, -0.1) is 0 Å². The Kier molecular flexibility index (Phi) is 3.67. The van der Waals surface area contributed by atoms with Crippen molar-refractivity contribution in [3.8, 4) is 0 Å². The van der Waals surface area contributed by atoms with Crippen LogP contribution in [0.5, 0.6) is 0 Å². The van der Waals surface area contributed by atoms with Gasteiger partial charge in [0.1, 0.15) is 6.04 Å². The lowest BCUT2D eigenvalue weighted by Crippen LogP contribution is -2.46. The Bertz CT molecular complexity index is 338. The highest BCUT2D eigenvalue weighted by molar-refractivity contribution is 6.42. The summed E-state index contributed by atoms with van der Waals surface area (Å²) >= 11 is 0. The van der Waals surface area contributed by atoms with Crippen molar-refractivity contribution in [3.05, 3.63) is 0 Å². The Morgan fingerprint density at radius 2 is 1.94 bits per heavy atom. The average Bonchev–Trinajstić information content (AvgIpc) is 2.81. The molecule has 3 nitrogen and oxygen atoms in total. The predicted molar refractivity (Wildman–Crippen MR) is 72.3 cm³/mol. The molecule has 2 atom stereocenters. The SMILES string of the molecule is CCC1=NC(C2CCCO2)C(C)(C)N=C1CC. The fourth-order valence-corrected chi connectivity index (χ4v) is 2.85. The van der Waals surface area contributed by atoms with Crippen molar-refractivity contribution in [1.29, 1.82) is 0 Å². The summed E-state index contributed by atoms with van der Waals surface area (Å²) in [5.41, 5.74) is 2.26. The lowest BCUT2D eigenvalue weighted by atomic mass is 9.87. The quantitative estimate of drug-likeness (QED) is 0.741. The second-order valence-electron chi connectivity index (χ2n) is 5.49. The van der Waals surface area contributed by atoms with E-state index in [2.05, 4.69) is 27.7 Å². The molecule has 0 aromatic rings. The molecule has 96 valence electrons. The molecule has 2 rings (SSSR count). The molecule has 3 heteroatoms. The fourth-order valence-electron chi connectivity index (χ4n) is 2.85. The Hall–Kier alpha value is -0.700. The summed E-state index contributed by atoms with van der Waals surface area (Å²) in [7, 11) is 0. The van der Waals surface area contributed by atoms with E-state index < -0.39 is 0 Å². The van der Waals surface area contributed by atoms with E-state index in [1.165, 1.54) is 17.8 Å². The molecule has 2 aliphatic heterocycles. The molecule has 0 spiro atoms. The van der Waals surface area contributed by atoms with Gasteiger partial charge in [0.05, 0.1) is 23.1 Å². The highest BCUT2D eigenvalue weighted by Crippen LogP contribution is 2.31. The van der Waals surface area contributed by atoms with Gasteiger partial charge < -0.3 is 4.74 Å². The molecule has 2 unspecified atom stereocenters. The zero-order valence-electron chi connectivity index (χ0n) is 11.5. The van der Waals surface area contributed by atoms with Crippen LogP contribution in [-0.2, 0) is 4.74 Å². The normalized spacial score (nSPS) is 32.2. The van der Waals surface area contributed by atoms with Crippen LogP contribution < -0.4 is 0 Å². The van der Waals surface area contributed by atoms with Gasteiger partial charge in [-0.05, 0) is 39.5 Å². The topological polar surface area (TPSA) is 34.0 Å². The zero-order valence-corrected chi connectivity index (χ0v) is 11.5. The van der Waals surface area contributed by atoms with Gasteiger partial charge >= 0.3 is 0 Å². The van der Waals surface area contributed by atoms with Crippen molar-refractivity contribution in [1.82, 2.24) is 0 Å². The van der Waals surface area contributed by atoms with Gasteiger partial charge in [0.25, 0.3) is 0 Å². The first-order valence-electron chi connectivity index (χ1n) is 6.85. The highest BCUT2D eigenvalue weighted by Gasteiger charge is 2.40. The lowest BCUT2D eigenvalue weighted by molar-refractivity contribution is 0.0712. The minimum absolute atomic E-state index is 0.112. The first-order chi connectivity index (χ1) is 8.08. The van der Waals surface area contributed by atoms with Crippen LogP contribution in [0.2, 0.25) is 0 Å². The van der Waals surface area contributed by atoms with Crippen molar-refractivity contribution in [3.63, 3.8) is 0 Å². The van der Waals surface area contributed by atoms with Gasteiger partial charge in [0, 0.05) is 6.61 Å². The highest BCUT2D eigenvalue weighted by atomic mass is 16.5. The fraction of sp³-hybridized carbons (Fsp3) is 0.857. The van der Waals surface area contributed by atoms with Crippen LogP contribution in [0.3, 0.4) is 0 Å². The third kappa shape index (κ3) is 2.44. The second-order valence-corrected chi connectivity index (χ2v) is 5.49. The minimum Gasteiger partial charge on any atom is -0.376 e. The molecule has 1 fully saturated rings. The predicted octanol–water partition coefficient (Wildman–Crippen LogP) is 3.03. The van der Waals surface area contributed by atoms with E-state index in [0.29, 0.717) is 0 Å². The number of aliphatic imine (C=N–C) groups is 2. The van der Waals surface area contributed by atoms with Crippen LogP contribution in [-0.4, -0.2) is 35.7 Å². The summed E-state index contributed by atoms with van der Waals surface area (Å²) in [6.45, 7) is 9.58. The number of hydrogen-bond acceptors (Lipinski definition) is 3. The number of ether oxygens (including phenoxy) is 1. The average molecular weight is 236 g/mol. The van der Waals surface area contributed by atoms with Crippen molar-refractivity contribution in [2.24, 2.45) is 9.98 Å². The molecular weight excluding hydrogens is 212 g/mol. The summed E-state index contributed by atoms with van der Waals surface area (Å²) in [5, 5.41) is 0. The summed E-state index contributed by atoms with van der Waals surface area (Å²) in [6.07, 6.45) is 4.53. The number of rotatable bonds is 3. The smallest absolute Gasteiger partial charge is 0.101 e. The van der Waals surface area contributed by atoms with Crippen LogP contribution in [0, 0.1) is 0 Å². The first kappa shape index (κ1) is 12.7. The van der Waals surface area contributed by atoms with E-state index >= 15 is 0 Å². The third-order valence-corrected chi connectivity index (χ3v) is 3.76. The van der Waals surface area contributed by atoms with E-state index in [-0.39, 0.29) is 17.7 Å². The van der Waals surface area contributed by atoms with E-state index in [4.69, 9.17) is 14.7 Å². The second kappa shape index (κ2) is 4.89. The molecule has 0 amide bonds. The molecule has 0 aliphatic carbocycles. The molecule has 0 bridgehead atoms. The largest absolute Gasteiger partial charge is 0.376 e. The summed E-state index contributed by atoms with van der Waals surface area (Å²) in [5.74, 6) is 0. The summed E-state index contributed by atoms with van der Waals surface area (Å²) in [4.78, 5) is 9.86. The molecule has 2 heterocycles. The maximum absolute atomic E-state index is 5.81. The maximum atomic E-state index is 5.81. The van der Waals surface area contributed by atoms with E-state index in [0.717, 1.165) is 25.9 Å². The van der Waals surface area contributed by atoms with Crippen LogP contribution >= 0.6 is 0 Å². The molecule has 0 N–H and O–H groups in total. The van der Waals surface area contributed by atoms with Gasteiger partial charge in [-0.2, -0.15) is 0 Å². The van der Waals surface area contributed by atoms with Gasteiger partial charge in [-0.1, -0.05) is 13.8 Å². The Labute approximate surface area is 104 Å². The Balaban J connectivity index is 2.27. The van der Waals surface area contributed by atoms with Crippen molar-refractivity contribution >= 4 is 11.4 Å². The Morgan fingerprint density at radius 3 is 2.47 bits per heavy atom. The van der Waals surface area contributed by atoms with Gasteiger partial charge in [-0.25, -0.2) is 0 Å². The van der Waals surface area contributed by atoms with Crippen molar-refractivity contribution in [2.45, 2.75) is 71.1 Å². The summed E-state index contributed by atoms with van der Waals surface area (Å²) in [6, 6.07) is 0.204. The monoisotopic (exact) mass is 236 g/mol. The first-order valence-corrected chi connectivity index (χ1v) is 6.85. The molecular formula is C14H24N2O. The molecule has 0 radical (unpaired) electrons.